The van der Waals surface area contributed by atoms with Gasteiger partial charge in [-0.05, 0) is 60.2 Å². The van der Waals surface area contributed by atoms with Crippen LogP contribution >= 0.6 is 0 Å². The number of benzene rings is 2. The second-order valence-corrected chi connectivity index (χ2v) is 15.2. The molecule has 1 atom stereocenters. The average molecular weight is 687 g/mol. The van der Waals surface area contributed by atoms with Crippen molar-refractivity contribution in [1.82, 2.24) is 28.4 Å². The number of nitrogens with one attached hydrogen (secondary N) is 1. The highest BCUT2D eigenvalue weighted by Gasteiger charge is 2.34. The Kier molecular flexibility index (Phi) is 8.82. The third kappa shape index (κ3) is 6.74. The number of aliphatic hydroxyl groups is 1. The van der Waals surface area contributed by atoms with Crippen molar-refractivity contribution in [3.05, 3.63) is 83.6 Å². The molecule has 13 nitrogen and oxygen atoms in total. The molecule has 0 aliphatic carbocycles. The van der Waals surface area contributed by atoms with E-state index in [1.54, 1.807) is 36.4 Å². The molecule has 248 valence electrons. The Labute approximate surface area is 270 Å². The van der Waals surface area contributed by atoms with E-state index in [0.29, 0.717) is 42.6 Å². The third-order valence-electron chi connectivity index (χ3n) is 8.26. The highest BCUT2D eigenvalue weighted by molar-refractivity contribution is 7.89. The maximum atomic E-state index is 14.0. The number of hydrogen-bond acceptors (Lipinski definition) is 11. The molecule has 2 aromatic heterocycles. The van der Waals surface area contributed by atoms with Crippen LogP contribution in [0.4, 0.5) is 20.5 Å². The number of rotatable bonds is 9. The van der Waals surface area contributed by atoms with Gasteiger partial charge in [-0.1, -0.05) is 30.3 Å². The summed E-state index contributed by atoms with van der Waals surface area (Å²) < 4.78 is 79.8. The Morgan fingerprint density at radius 2 is 1.79 bits per heavy atom. The largest absolute Gasteiger partial charge is 0.369 e. The molecule has 6 rings (SSSR count). The number of fused-ring (bicyclic) bond motifs is 1. The van der Waals surface area contributed by atoms with Crippen molar-refractivity contribution in [3.63, 3.8) is 0 Å². The van der Waals surface area contributed by atoms with Crippen LogP contribution in [0.25, 0.3) is 17.2 Å². The number of nitrogens with zero attached hydrogens (tertiary/aromatic N) is 7. The first-order chi connectivity index (χ1) is 22.3. The molecule has 2 N–H and O–H groups in total. The van der Waals surface area contributed by atoms with Crippen LogP contribution in [0.1, 0.15) is 29.5 Å². The lowest BCUT2D eigenvalue weighted by Gasteiger charge is -2.35. The smallest absolute Gasteiger partial charge is 0.284 e. The lowest BCUT2D eigenvalue weighted by molar-refractivity contribution is 0.123. The van der Waals surface area contributed by atoms with E-state index in [9.17, 15) is 30.7 Å². The minimum atomic E-state index is -3.94. The highest BCUT2D eigenvalue weighted by atomic mass is 32.2. The van der Waals surface area contributed by atoms with Gasteiger partial charge in [-0.15, -0.1) is 9.19 Å². The Balaban J connectivity index is 1.24. The van der Waals surface area contributed by atoms with Crippen molar-refractivity contribution in [3.8, 4) is 11.1 Å². The van der Waals surface area contributed by atoms with Gasteiger partial charge < -0.3 is 15.3 Å². The Morgan fingerprint density at radius 3 is 2.43 bits per heavy atom. The van der Waals surface area contributed by atoms with Crippen LogP contribution < -0.4 is 10.2 Å². The first-order valence-electron chi connectivity index (χ1n) is 14.6. The van der Waals surface area contributed by atoms with E-state index in [4.69, 9.17) is 0 Å². The highest BCUT2D eigenvalue weighted by Crippen LogP contribution is 2.35. The summed E-state index contributed by atoms with van der Waals surface area (Å²) in [6.07, 6.45) is 2.56. The van der Waals surface area contributed by atoms with Gasteiger partial charge in [0.1, 0.15) is 18.5 Å². The number of halogens is 2. The standard InChI is InChI=1S/C30H32F2N8O5S2/c1-19-3-8-24(47(44,45)40-18-33-17-35-40)14-25(19)21-6-4-20(5-7-21)16-39-28-22(13-26(27(31)32)29(39)41)15-34-30(37-28)36-23-9-11-38(12-10-23)46(2,42)43/h3-8,13-15,17-18,23,27,29,41H,9-12,16H2,1-2H3,(H,34,36,37). The second-order valence-electron chi connectivity index (χ2n) is 11.4. The molecular weight excluding hydrogens is 655 g/mol. The summed E-state index contributed by atoms with van der Waals surface area (Å²) in [4.78, 5) is 14.0. The minimum Gasteiger partial charge on any atom is -0.369 e. The number of piperidine rings is 1. The lowest BCUT2D eigenvalue weighted by atomic mass is 9.99. The van der Waals surface area contributed by atoms with Crippen LogP contribution in [0.5, 0.6) is 0 Å². The molecule has 1 unspecified atom stereocenters. The Hall–Kier alpha value is -4.32. The zero-order valence-corrected chi connectivity index (χ0v) is 27.0. The summed E-state index contributed by atoms with van der Waals surface area (Å²) in [6, 6.07) is 11.8. The summed E-state index contributed by atoms with van der Waals surface area (Å²) in [6.45, 7) is 2.59. The van der Waals surface area contributed by atoms with E-state index >= 15 is 0 Å². The molecule has 0 saturated carbocycles. The maximum Gasteiger partial charge on any atom is 0.284 e. The number of sulfonamides is 1. The van der Waals surface area contributed by atoms with E-state index < -0.39 is 38.3 Å². The van der Waals surface area contributed by atoms with Gasteiger partial charge in [0, 0.05) is 43.0 Å². The van der Waals surface area contributed by atoms with Crippen LogP contribution in [0.3, 0.4) is 0 Å². The summed E-state index contributed by atoms with van der Waals surface area (Å²) in [5.41, 5.74) is 2.76. The van der Waals surface area contributed by atoms with Crippen molar-refractivity contribution < 1.29 is 30.7 Å². The average Bonchev–Trinajstić information content (AvgIpc) is 3.59. The predicted molar refractivity (Wildman–Crippen MR) is 170 cm³/mol. The van der Waals surface area contributed by atoms with Crippen LogP contribution in [-0.2, 0) is 26.6 Å². The molecular formula is C30H32F2N8O5S2. The molecule has 0 radical (unpaired) electrons. The van der Waals surface area contributed by atoms with Gasteiger partial charge in [0.25, 0.3) is 16.4 Å². The van der Waals surface area contributed by atoms with E-state index in [-0.39, 0.29) is 29.2 Å². The van der Waals surface area contributed by atoms with E-state index in [1.165, 1.54) is 33.8 Å². The molecule has 0 amide bonds. The number of alkyl halides is 2. The van der Waals surface area contributed by atoms with Crippen molar-refractivity contribution in [2.45, 2.75) is 49.9 Å². The van der Waals surface area contributed by atoms with Gasteiger partial charge in [-0.2, -0.15) is 13.4 Å². The first kappa shape index (κ1) is 32.6. The van der Waals surface area contributed by atoms with Crippen LogP contribution in [0.15, 0.2) is 71.8 Å². The fourth-order valence-corrected chi connectivity index (χ4v) is 7.62. The zero-order chi connectivity index (χ0) is 33.5. The van der Waals surface area contributed by atoms with Crippen molar-refractivity contribution >= 4 is 37.9 Å². The quantitative estimate of drug-likeness (QED) is 0.266. The molecule has 0 spiro atoms. The van der Waals surface area contributed by atoms with Crippen LogP contribution in [0.2, 0.25) is 0 Å². The predicted octanol–water partition coefficient (Wildman–Crippen LogP) is 3.10. The molecule has 0 bridgehead atoms. The lowest BCUT2D eigenvalue weighted by Crippen LogP contribution is -2.42. The summed E-state index contributed by atoms with van der Waals surface area (Å²) >= 11 is 0. The Bertz CT molecular complexity index is 2020. The number of aliphatic hydroxyl groups excluding tert-OH is 1. The second kappa shape index (κ2) is 12.7. The maximum absolute atomic E-state index is 14.0. The minimum absolute atomic E-state index is 0.0292. The van der Waals surface area contributed by atoms with Crippen molar-refractivity contribution in [1.29, 1.82) is 0 Å². The van der Waals surface area contributed by atoms with Crippen LogP contribution in [0, 0.1) is 6.92 Å². The molecule has 4 heterocycles. The normalized spacial score (nSPS) is 17.9. The fraction of sp³-hybridized carbons (Fsp3) is 0.333. The molecule has 1 saturated heterocycles. The topological polar surface area (TPSA) is 164 Å². The monoisotopic (exact) mass is 686 g/mol. The van der Waals surface area contributed by atoms with Crippen LogP contribution in [-0.4, -0.2) is 88.4 Å². The van der Waals surface area contributed by atoms with Gasteiger partial charge in [0.05, 0.1) is 11.2 Å². The summed E-state index contributed by atoms with van der Waals surface area (Å²) in [5.74, 6) is 0.498. The van der Waals surface area contributed by atoms with E-state index in [1.807, 2.05) is 6.92 Å². The van der Waals surface area contributed by atoms with Gasteiger partial charge in [0.2, 0.25) is 16.0 Å². The fourth-order valence-electron chi connectivity index (χ4n) is 5.67. The molecule has 1 fully saturated rings. The van der Waals surface area contributed by atoms with E-state index in [0.717, 1.165) is 27.9 Å². The van der Waals surface area contributed by atoms with E-state index in [2.05, 4.69) is 25.4 Å². The molecule has 17 heteroatoms. The first-order valence-corrected chi connectivity index (χ1v) is 17.9. The molecule has 2 aromatic carbocycles. The van der Waals surface area contributed by atoms with Crippen molar-refractivity contribution in [2.75, 3.05) is 29.6 Å². The molecule has 2 aliphatic heterocycles. The number of anilines is 2. The van der Waals surface area contributed by atoms with Gasteiger partial charge >= 0.3 is 0 Å². The molecule has 47 heavy (non-hydrogen) atoms. The molecule has 4 aromatic rings. The summed E-state index contributed by atoms with van der Waals surface area (Å²) in [5, 5.41) is 18.0. The molecule has 2 aliphatic rings. The van der Waals surface area contributed by atoms with Gasteiger partial charge in [-0.3, -0.25) is 0 Å². The number of aromatic nitrogens is 5. The number of hydrogen-bond donors (Lipinski definition) is 2. The Morgan fingerprint density at radius 1 is 1.06 bits per heavy atom. The summed E-state index contributed by atoms with van der Waals surface area (Å²) in [7, 11) is -7.22. The zero-order valence-electron chi connectivity index (χ0n) is 25.4. The van der Waals surface area contributed by atoms with Gasteiger partial charge in [0.15, 0.2) is 6.23 Å². The number of aryl methyl sites for hydroxylation is 1. The van der Waals surface area contributed by atoms with Crippen molar-refractivity contribution in [2.24, 2.45) is 0 Å². The SMILES string of the molecule is Cc1ccc(S(=O)(=O)n2cncn2)cc1-c1ccc(CN2c3nc(NC4CCN(S(C)(=O)=O)CC4)ncc3C=C(C(F)F)C2O)cc1. The third-order valence-corrected chi connectivity index (χ3v) is 11.1. The van der Waals surface area contributed by atoms with Gasteiger partial charge in [-0.25, -0.2) is 31.5 Å².